The first-order valence-corrected chi connectivity index (χ1v) is 8.96. The first kappa shape index (κ1) is 20.9. The fraction of sp³-hybridized carbons (Fsp3) is 0.588. The highest BCUT2D eigenvalue weighted by molar-refractivity contribution is 7.99. The quantitative estimate of drug-likeness (QED) is 0.718. The number of ether oxygens (including phenoxy) is 2. The number of hydrogen-bond donors (Lipinski definition) is 2. The summed E-state index contributed by atoms with van der Waals surface area (Å²) in [4.78, 5) is 13.2. The average molecular weight is 375 g/mol. The second-order valence-corrected chi connectivity index (χ2v) is 7.40. The molecule has 1 aliphatic heterocycles. The van der Waals surface area contributed by atoms with Crippen molar-refractivity contribution in [3.05, 3.63) is 18.2 Å². The molecule has 0 aromatic heterocycles. The molecule has 24 heavy (non-hydrogen) atoms. The molecule has 136 valence electrons. The van der Waals surface area contributed by atoms with Crippen molar-refractivity contribution in [1.29, 1.82) is 0 Å². The van der Waals surface area contributed by atoms with Gasteiger partial charge in [-0.3, -0.25) is 4.79 Å². The second-order valence-electron chi connectivity index (χ2n) is 6.23. The normalized spacial score (nSPS) is 15.4. The Labute approximate surface area is 154 Å². The molecule has 2 rings (SSSR count). The van der Waals surface area contributed by atoms with E-state index in [1.807, 2.05) is 25.1 Å². The molecular formula is C17H27ClN2O3S. The maximum Gasteiger partial charge on any atom is 0.221 e. The molecule has 1 atom stereocenters. The van der Waals surface area contributed by atoms with Gasteiger partial charge >= 0.3 is 0 Å². The topological polar surface area (TPSA) is 73.6 Å². The highest BCUT2D eigenvalue weighted by Gasteiger charge is 2.28. The number of rotatable bonds is 7. The van der Waals surface area contributed by atoms with Gasteiger partial charge in [0.15, 0.2) is 11.5 Å². The number of benzene rings is 1. The number of carbonyl (C=O) groups excluding carboxylic acids is 1. The molecule has 1 aliphatic rings. The van der Waals surface area contributed by atoms with Crippen LogP contribution >= 0.6 is 24.2 Å². The smallest absolute Gasteiger partial charge is 0.221 e. The van der Waals surface area contributed by atoms with Gasteiger partial charge in [0.1, 0.15) is 13.2 Å². The van der Waals surface area contributed by atoms with Crippen molar-refractivity contribution in [3.63, 3.8) is 0 Å². The largest absolute Gasteiger partial charge is 0.486 e. The summed E-state index contributed by atoms with van der Waals surface area (Å²) >= 11 is 1.64. The van der Waals surface area contributed by atoms with Crippen LogP contribution in [-0.2, 0) is 4.79 Å². The van der Waals surface area contributed by atoms with Crippen molar-refractivity contribution in [2.24, 2.45) is 11.7 Å². The number of thioether (sulfide) groups is 1. The first-order valence-electron chi connectivity index (χ1n) is 7.98. The summed E-state index contributed by atoms with van der Waals surface area (Å²) in [6.45, 7) is 7.73. The third-order valence-electron chi connectivity index (χ3n) is 4.23. The van der Waals surface area contributed by atoms with Gasteiger partial charge in [-0.05, 0) is 31.0 Å². The van der Waals surface area contributed by atoms with E-state index in [0.717, 1.165) is 16.4 Å². The van der Waals surface area contributed by atoms with E-state index in [-0.39, 0.29) is 23.9 Å². The van der Waals surface area contributed by atoms with Crippen LogP contribution in [0, 0.1) is 5.92 Å². The van der Waals surface area contributed by atoms with E-state index in [0.29, 0.717) is 37.9 Å². The Morgan fingerprint density at radius 1 is 1.33 bits per heavy atom. The van der Waals surface area contributed by atoms with Gasteiger partial charge in [0.05, 0.1) is 5.54 Å². The van der Waals surface area contributed by atoms with Crippen LogP contribution < -0.4 is 20.5 Å². The summed E-state index contributed by atoms with van der Waals surface area (Å²) in [5.41, 5.74) is 5.45. The molecule has 7 heteroatoms. The lowest BCUT2D eigenvalue weighted by Gasteiger charge is -2.33. The highest BCUT2D eigenvalue weighted by Crippen LogP contribution is 2.34. The van der Waals surface area contributed by atoms with E-state index >= 15 is 0 Å². The predicted octanol–water partition coefficient (Wildman–Crippen LogP) is 2.85. The summed E-state index contributed by atoms with van der Waals surface area (Å²) in [6, 6.07) is 5.88. The van der Waals surface area contributed by atoms with Gasteiger partial charge in [-0.2, -0.15) is 0 Å². The Kier molecular flexibility index (Phi) is 8.19. The van der Waals surface area contributed by atoms with Crippen LogP contribution in [0.2, 0.25) is 0 Å². The van der Waals surface area contributed by atoms with Crippen LogP contribution in [0.1, 0.15) is 27.2 Å². The molecule has 0 aliphatic carbocycles. The standard InChI is InChI=1S/C17H26N2O3S.ClH/c1-12(2)17(3,11-18)19-16(20)6-9-23-13-4-5-14-15(10-13)22-8-7-21-14;/h4-5,10,12H,6-9,11,18H2,1-3H3,(H,19,20);1H. The summed E-state index contributed by atoms with van der Waals surface area (Å²) < 4.78 is 11.1. The van der Waals surface area contributed by atoms with Gasteiger partial charge in [0.25, 0.3) is 0 Å². The van der Waals surface area contributed by atoms with Crippen LogP contribution in [0.4, 0.5) is 0 Å². The maximum absolute atomic E-state index is 12.1. The van der Waals surface area contributed by atoms with Gasteiger partial charge in [0.2, 0.25) is 5.91 Å². The number of hydrogen-bond acceptors (Lipinski definition) is 5. The third kappa shape index (κ3) is 5.46. The minimum atomic E-state index is -0.348. The Hall–Kier alpha value is -1.11. The van der Waals surface area contributed by atoms with Gasteiger partial charge in [0, 0.05) is 23.6 Å². The molecule has 1 aromatic carbocycles. The monoisotopic (exact) mass is 374 g/mol. The molecule has 0 fully saturated rings. The molecule has 0 saturated heterocycles. The Balaban J connectivity index is 0.00000288. The van der Waals surface area contributed by atoms with Crippen molar-refractivity contribution in [3.8, 4) is 11.5 Å². The summed E-state index contributed by atoms with van der Waals surface area (Å²) in [6.07, 6.45) is 0.460. The van der Waals surface area contributed by atoms with Crippen molar-refractivity contribution >= 4 is 30.1 Å². The fourth-order valence-electron chi connectivity index (χ4n) is 2.19. The van der Waals surface area contributed by atoms with Gasteiger partial charge in [-0.15, -0.1) is 24.2 Å². The molecule has 0 spiro atoms. The Morgan fingerprint density at radius 3 is 2.62 bits per heavy atom. The zero-order chi connectivity index (χ0) is 16.9. The van der Waals surface area contributed by atoms with E-state index in [2.05, 4.69) is 19.2 Å². The van der Waals surface area contributed by atoms with Crippen molar-refractivity contribution in [1.82, 2.24) is 5.32 Å². The fourth-order valence-corrected chi connectivity index (χ4v) is 3.06. The van der Waals surface area contributed by atoms with E-state index in [1.165, 1.54) is 0 Å². The van der Waals surface area contributed by atoms with Crippen LogP contribution in [0.15, 0.2) is 23.1 Å². The van der Waals surface area contributed by atoms with Crippen molar-refractivity contribution in [2.45, 2.75) is 37.6 Å². The molecule has 1 amide bonds. The molecule has 3 N–H and O–H groups in total. The minimum absolute atomic E-state index is 0. The zero-order valence-electron chi connectivity index (χ0n) is 14.5. The van der Waals surface area contributed by atoms with Crippen LogP contribution in [0.3, 0.4) is 0 Å². The van der Waals surface area contributed by atoms with Crippen LogP contribution in [-0.4, -0.2) is 37.0 Å². The molecule has 5 nitrogen and oxygen atoms in total. The van der Waals surface area contributed by atoms with Gasteiger partial charge < -0.3 is 20.5 Å². The van der Waals surface area contributed by atoms with Crippen molar-refractivity contribution < 1.29 is 14.3 Å². The number of carbonyl (C=O) groups is 1. The van der Waals surface area contributed by atoms with Crippen LogP contribution in [0.25, 0.3) is 0 Å². The van der Waals surface area contributed by atoms with Gasteiger partial charge in [-0.25, -0.2) is 0 Å². The van der Waals surface area contributed by atoms with Gasteiger partial charge in [-0.1, -0.05) is 13.8 Å². The minimum Gasteiger partial charge on any atom is -0.486 e. The van der Waals surface area contributed by atoms with E-state index < -0.39 is 0 Å². The molecular weight excluding hydrogens is 348 g/mol. The van der Waals surface area contributed by atoms with Crippen molar-refractivity contribution in [2.75, 3.05) is 25.5 Å². The maximum atomic E-state index is 12.1. The predicted molar refractivity (Wildman–Crippen MR) is 100 cm³/mol. The molecule has 1 heterocycles. The summed E-state index contributed by atoms with van der Waals surface area (Å²) in [5, 5.41) is 3.06. The number of nitrogens with two attached hydrogens (primary N) is 1. The molecule has 1 unspecified atom stereocenters. The molecule has 0 saturated carbocycles. The molecule has 1 aromatic rings. The highest BCUT2D eigenvalue weighted by atomic mass is 35.5. The van der Waals surface area contributed by atoms with E-state index in [4.69, 9.17) is 15.2 Å². The third-order valence-corrected chi connectivity index (χ3v) is 5.23. The van der Waals surface area contributed by atoms with E-state index in [1.54, 1.807) is 11.8 Å². The first-order chi connectivity index (χ1) is 10.9. The number of halogens is 1. The Bertz CT molecular complexity index is 557. The number of nitrogens with one attached hydrogen (secondary N) is 1. The SMILES string of the molecule is CC(C)C(C)(CN)NC(=O)CCSc1ccc2c(c1)OCCO2.Cl. The Morgan fingerprint density at radius 2 is 2.00 bits per heavy atom. The second kappa shape index (κ2) is 9.39. The number of fused-ring (bicyclic) bond motifs is 1. The lowest BCUT2D eigenvalue weighted by Crippen LogP contribution is -2.55. The number of amides is 1. The lowest BCUT2D eigenvalue weighted by atomic mass is 9.88. The lowest BCUT2D eigenvalue weighted by molar-refractivity contribution is -0.122. The molecule has 0 radical (unpaired) electrons. The van der Waals surface area contributed by atoms with Crippen LogP contribution in [0.5, 0.6) is 11.5 Å². The summed E-state index contributed by atoms with van der Waals surface area (Å²) in [7, 11) is 0. The summed E-state index contributed by atoms with van der Waals surface area (Å²) in [5.74, 6) is 2.61. The molecule has 0 bridgehead atoms. The zero-order valence-corrected chi connectivity index (χ0v) is 16.1. The van der Waals surface area contributed by atoms with E-state index in [9.17, 15) is 4.79 Å². The average Bonchev–Trinajstić information content (AvgIpc) is 2.54.